The number of primary amides is 1. The first-order valence-corrected chi connectivity index (χ1v) is 18.1. The number of ether oxygens (including phenoxy) is 3. The number of nitrogens with one attached hydrogen (secondary N) is 5. The lowest BCUT2D eigenvalue weighted by Gasteiger charge is -2.37. The third kappa shape index (κ3) is 12.4. The summed E-state index contributed by atoms with van der Waals surface area (Å²) >= 11 is 0. The van der Waals surface area contributed by atoms with Crippen LogP contribution in [0, 0.1) is 11.8 Å². The van der Waals surface area contributed by atoms with Gasteiger partial charge in [0, 0.05) is 12.1 Å². The van der Waals surface area contributed by atoms with E-state index in [0.717, 1.165) is 11.6 Å². The lowest BCUT2D eigenvalue weighted by molar-refractivity contribution is -0.178. The maximum Gasteiger partial charge on any atom is 0.410 e. The van der Waals surface area contributed by atoms with E-state index in [1.54, 1.807) is 40.7 Å². The van der Waals surface area contributed by atoms with E-state index in [0.29, 0.717) is 11.3 Å². The van der Waals surface area contributed by atoms with E-state index < -0.39 is 76.7 Å². The van der Waals surface area contributed by atoms with E-state index >= 15 is 0 Å². The molecule has 0 aliphatic rings. The first kappa shape index (κ1) is 44.2. The minimum atomic E-state index is -2.45. The number of aromatic amines is 1. The highest BCUT2D eigenvalue weighted by molar-refractivity contribution is 5.97. The minimum Gasteiger partial charge on any atom is -0.462 e. The number of nitrogens with two attached hydrogens (primary N) is 1. The summed E-state index contributed by atoms with van der Waals surface area (Å²) in [6, 6.07) is 7.63. The number of anilines is 1. The zero-order valence-electron chi connectivity index (χ0n) is 32.9. The molecule has 3 aromatic rings. The molecule has 18 nitrogen and oxygen atoms in total. The second kappa shape index (κ2) is 19.4. The normalized spacial score (nSPS) is 13.8. The summed E-state index contributed by atoms with van der Waals surface area (Å²) in [6.07, 6.45) is 1.72. The van der Waals surface area contributed by atoms with Crippen molar-refractivity contribution in [1.82, 2.24) is 30.5 Å². The highest BCUT2D eigenvalue weighted by Crippen LogP contribution is 2.23. The third-order valence-electron chi connectivity index (χ3n) is 8.12. The number of amides is 5. The van der Waals surface area contributed by atoms with Gasteiger partial charge in [0.1, 0.15) is 29.2 Å². The van der Waals surface area contributed by atoms with Gasteiger partial charge in [0.2, 0.25) is 17.7 Å². The van der Waals surface area contributed by atoms with Crippen LogP contribution in [0.4, 0.5) is 15.3 Å². The third-order valence-corrected chi connectivity index (χ3v) is 8.12. The summed E-state index contributed by atoms with van der Waals surface area (Å²) in [5.41, 5.74) is 2.69. The Kier molecular flexibility index (Phi) is 15.3. The minimum absolute atomic E-state index is 0.0583. The molecule has 18 heteroatoms. The molecule has 0 spiro atoms. The molecule has 1 aromatic carbocycles. The van der Waals surface area contributed by atoms with E-state index in [2.05, 4.69) is 31.2 Å². The van der Waals surface area contributed by atoms with Crippen LogP contribution in [0.15, 0.2) is 59.5 Å². The summed E-state index contributed by atoms with van der Waals surface area (Å²) in [6.45, 7) is 12.6. The molecule has 0 radical (unpaired) electrons. The summed E-state index contributed by atoms with van der Waals surface area (Å²) in [5, 5.41) is 9.90. The molecular weight excluding hydrogens is 728 g/mol. The Labute approximate surface area is 324 Å². The summed E-state index contributed by atoms with van der Waals surface area (Å²) in [5.74, 6) is -4.57. The van der Waals surface area contributed by atoms with Gasteiger partial charge in [0.15, 0.2) is 0 Å². The van der Waals surface area contributed by atoms with Crippen LogP contribution in [0.2, 0.25) is 0 Å². The van der Waals surface area contributed by atoms with Gasteiger partial charge in [-0.2, -0.15) is 0 Å². The Balaban J connectivity index is 1.89. The van der Waals surface area contributed by atoms with Crippen molar-refractivity contribution in [2.24, 2.45) is 17.6 Å². The Morgan fingerprint density at radius 1 is 0.946 bits per heavy atom. The fourth-order valence-electron chi connectivity index (χ4n) is 5.35. The number of aromatic nitrogens is 3. The number of H-pyrrole nitrogens is 1. The average molecular weight is 781 g/mol. The second-order valence-corrected chi connectivity index (χ2v) is 14.5. The standard InChI is InChI=1S/C38H52N8O10/c1-9-54-34(51)38(23(4)5,45-32(49)30(22(2)3)44-36(53)55-37(6,7)8)56-35(52)43-26(17-12-13-19-28(39)47)31(48)42-27-18-14-20-46(33(27)50)21-29-40-24-15-10-11-16-25(24)41-29/h10-11,13-16,18-20,22-23,26,30H,9,12,17,21H2,1-8H3,(H2,39,47)(H,40,41)(H,42,48)(H,43,52)(H,44,53)(H,45,49)/b19-13+/t26-,30-,38-/m0/s1. The number of hydrogen-bond donors (Lipinski definition) is 6. The first-order valence-electron chi connectivity index (χ1n) is 18.1. The Bertz CT molecular complexity index is 1950. The van der Waals surface area contributed by atoms with E-state index in [9.17, 15) is 33.6 Å². The van der Waals surface area contributed by atoms with Gasteiger partial charge in [-0.15, -0.1) is 0 Å². The van der Waals surface area contributed by atoms with Gasteiger partial charge in [-0.05, 0) is 76.8 Å². The Morgan fingerprint density at radius 3 is 2.23 bits per heavy atom. The molecule has 2 aromatic heterocycles. The van der Waals surface area contributed by atoms with Crippen molar-refractivity contribution < 1.29 is 43.0 Å². The highest BCUT2D eigenvalue weighted by Gasteiger charge is 2.50. The fraction of sp³-hybridized carbons (Fsp3) is 0.474. The van der Waals surface area contributed by atoms with E-state index in [1.165, 1.54) is 43.7 Å². The van der Waals surface area contributed by atoms with E-state index in [-0.39, 0.29) is 31.7 Å². The van der Waals surface area contributed by atoms with Crippen molar-refractivity contribution in [3.05, 3.63) is 70.9 Å². The monoisotopic (exact) mass is 780 g/mol. The van der Waals surface area contributed by atoms with E-state index in [4.69, 9.17) is 19.9 Å². The fourth-order valence-corrected chi connectivity index (χ4v) is 5.35. The number of rotatable bonds is 17. The second-order valence-electron chi connectivity index (χ2n) is 14.5. The predicted molar refractivity (Wildman–Crippen MR) is 206 cm³/mol. The topological polar surface area (TPSA) is 255 Å². The molecule has 0 fully saturated rings. The van der Waals surface area contributed by atoms with Gasteiger partial charge in [-0.1, -0.05) is 45.9 Å². The maximum atomic E-state index is 13.7. The molecule has 3 rings (SSSR count). The van der Waals surface area contributed by atoms with E-state index in [1.807, 2.05) is 24.3 Å². The summed E-state index contributed by atoms with van der Waals surface area (Å²) in [7, 11) is 0. The maximum absolute atomic E-state index is 13.7. The molecule has 0 bridgehead atoms. The van der Waals surface area contributed by atoms with Crippen LogP contribution in [-0.4, -0.2) is 80.4 Å². The summed E-state index contributed by atoms with van der Waals surface area (Å²) in [4.78, 5) is 99.7. The van der Waals surface area contributed by atoms with Crippen molar-refractivity contribution in [1.29, 1.82) is 0 Å². The van der Waals surface area contributed by atoms with Crippen molar-refractivity contribution in [3.8, 4) is 0 Å². The molecule has 2 heterocycles. The number of benzene rings is 1. The molecule has 7 N–H and O–H groups in total. The number of pyridine rings is 1. The van der Waals surface area contributed by atoms with Crippen LogP contribution < -0.4 is 32.6 Å². The molecule has 3 atom stereocenters. The molecule has 5 amide bonds. The molecule has 0 unspecified atom stereocenters. The lowest BCUT2D eigenvalue weighted by atomic mass is 9.96. The number of fused-ring (bicyclic) bond motifs is 1. The number of esters is 1. The summed E-state index contributed by atoms with van der Waals surface area (Å²) < 4.78 is 17.5. The molecule has 304 valence electrons. The smallest absolute Gasteiger partial charge is 0.410 e. The predicted octanol–water partition coefficient (Wildman–Crippen LogP) is 3.21. The molecule has 56 heavy (non-hydrogen) atoms. The first-order chi connectivity index (χ1) is 26.3. The zero-order valence-corrected chi connectivity index (χ0v) is 32.9. The van der Waals surface area contributed by atoms with Crippen molar-refractivity contribution in [3.63, 3.8) is 0 Å². The van der Waals surface area contributed by atoms with Gasteiger partial charge in [-0.25, -0.2) is 19.4 Å². The number of carbonyl (C=O) groups is 6. The van der Waals surface area contributed by atoms with Crippen LogP contribution in [0.25, 0.3) is 11.0 Å². The molecular formula is C38H52N8O10. The average Bonchev–Trinajstić information content (AvgIpc) is 3.51. The van der Waals surface area contributed by atoms with Crippen molar-refractivity contribution >= 4 is 52.6 Å². The van der Waals surface area contributed by atoms with Crippen molar-refractivity contribution in [2.45, 2.75) is 98.2 Å². The van der Waals surface area contributed by atoms with Gasteiger partial charge < -0.3 is 50.8 Å². The number of nitrogens with zero attached hydrogens (tertiary/aromatic N) is 2. The Morgan fingerprint density at radius 2 is 1.62 bits per heavy atom. The van der Waals surface area contributed by atoms with Crippen LogP contribution in [0.5, 0.6) is 0 Å². The molecule has 0 saturated carbocycles. The number of alkyl carbamates (subject to hydrolysis) is 2. The zero-order chi connectivity index (χ0) is 41.8. The van der Waals surface area contributed by atoms with Gasteiger partial charge in [0.05, 0.1) is 24.2 Å². The van der Waals surface area contributed by atoms with Crippen LogP contribution >= 0.6 is 0 Å². The van der Waals surface area contributed by atoms with Gasteiger partial charge in [-0.3, -0.25) is 19.2 Å². The highest BCUT2D eigenvalue weighted by atomic mass is 16.6. The Hall–Kier alpha value is -6.20. The number of carbonyl (C=O) groups excluding carboxylic acids is 6. The number of allylic oxidation sites excluding steroid dienone is 1. The molecule has 0 aliphatic carbocycles. The lowest BCUT2D eigenvalue weighted by Crippen LogP contribution is -2.66. The van der Waals surface area contributed by atoms with Crippen LogP contribution in [0.1, 0.15) is 74.1 Å². The van der Waals surface area contributed by atoms with Gasteiger partial charge >= 0.3 is 18.2 Å². The molecule has 0 aliphatic heterocycles. The molecule has 0 saturated heterocycles. The van der Waals surface area contributed by atoms with Crippen LogP contribution in [-0.2, 0) is 39.9 Å². The largest absolute Gasteiger partial charge is 0.462 e. The van der Waals surface area contributed by atoms with Crippen molar-refractivity contribution in [2.75, 3.05) is 11.9 Å². The number of hydrogen-bond acceptors (Lipinski definition) is 11. The van der Waals surface area contributed by atoms with Crippen LogP contribution in [0.3, 0.4) is 0 Å². The number of imidazole rings is 1. The SMILES string of the molecule is CCOC(=O)[C@@](NC(=O)[C@@H](NC(=O)OC(C)(C)C)C(C)C)(OC(=O)N[C@@H](CC/C=C/C(N)=O)C(=O)Nc1cccn(Cc2nc3ccccc3[nH]2)c1=O)C(C)C. The van der Waals surface area contributed by atoms with Gasteiger partial charge in [0.25, 0.3) is 11.3 Å². The number of para-hydroxylation sites is 2. The quantitative estimate of drug-likeness (QED) is 0.0502.